The molecule has 0 aliphatic carbocycles. The van der Waals surface area contributed by atoms with Crippen LogP contribution < -0.4 is 33.2 Å². The van der Waals surface area contributed by atoms with E-state index in [4.69, 9.17) is 41.4 Å². The fourth-order valence-corrected chi connectivity index (χ4v) is 23.4. The maximum atomic E-state index is 12.9. The number of benzene rings is 6. The maximum Gasteiger partial charge on any atom is 0.519 e. The normalized spacial score (nSPS) is 12.1. The molecule has 0 unspecified atom stereocenters. The number of carbonyl (C=O) groups excluding carboxylic acids is 3. The van der Waals surface area contributed by atoms with Gasteiger partial charge in [-0.05, 0) is 171 Å². The van der Waals surface area contributed by atoms with Crippen molar-refractivity contribution in [1.29, 1.82) is 0 Å². The Morgan fingerprint density at radius 1 is 0.408 bits per heavy atom. The molecule has 0 bridgehead atoms. The summed E-state index contributed by atoms with van der Waals surface area (Å²) >= 11 is 0. The van der Waals surface area contributed by atoms with Crippen LogP contribution in [0.2, 0.25) is 51.4 Å². The number of hydrogen-bond donors (Lipinski definition) is 0. The van der Waals surface area contributed by atoms with Crippen LogP contribution in [0.4, 0.5) is 14.4 Å². The van der Waals surface area contributed by atoms with E-state index in [2.05, 4.69) is 83.8 Å². The monoisotopic (exact) mass is 1090 g/mol. The second-order valence-electron chi connectivity index (χ2n) is 21.5. The summed E-state index contributed by atoms with van der Waals surface area (Å²) in [7, 11) is -2.34. The van der Waals surface area contributed by atoms with Crippen LogP contribution in [0.5, 0.6) is 40.2 Å². The summed E-state index contributed by atoms with van der Waals surface area (Å²) in [6, 6.07) is 45.2. The molecule has 0 radical (unpaired) electrons. The van der Waals surface area contributed by atoms with Crippen LogP contribution in [-0.4, -0.2) is 65.0 Å². The first kappa shape index (κ1) is 58.6. The fourth-order valence-electron chi connectivity index (χ4n) is 9.35. The zero-order chi connectivity index (χ0) is 55.3. The Bertz CT molecular complexity index is 2880. The van der Waals surface area contributed by atoms with Gasteiger partial charge < -0.3 is 46.1 Å². The zero-order valence-electron chi connectivity index (χ0n) is 46.3. The SMILES string of the molecule is COC(=O)Oc1ccc(C(C)(C)c2ccc(OC(=O)Oc3ccc(CCC[Si](C)(C)O[Si](C)(C)O[Si](C)(C)CCCc4ccc(OC(=O)Oc5ccc(C(C)(C)c6ccccc6)cc5)c(OC)c4)cc3OC)cc2)cc1. The lowest BCUT2D eigenvalue weighted by Crippen LogP contribution is -2.52. The van der Waals surface area contributed by atoms with E-state index in [1.54, 1.807) is 62.8 Å². The third-order valence-corrected chi connectivity index (χ3v) is 24.8. The van der Waals surface area contributed by atoms with Gasteiger partial charge in [-0.1, -0.05) is 107 Å². The highest BCUT2D eigenvalue weighted by atomic mass is 28.5. The highest BCUT2D eigenvalue weighted by Crippen LogP contribution is 2.37. The van der Waals surface area contributed by atoms with Gasteiger partial charge in [-0.2, -0.15) is 0 Å². The van der Waals surface area contributed by atoms with Gasteiger partial charge in [-0.3, -0.25) is 0 Å². The molecule has 0 saturated carbocycles. The minimum Gasteiger partial charge on any atom is -0.493 e. The smallest absolute Gasteiger partial charge is 0.493 e. The average molecular weight is 1090 g/mol. The van der Waals surface area contributed by atoms with Gasteiger partial charge in [0.05, 0.1) is 21.3 Å². The van der Waals surface area contributed by atoms with E-state index in [1.165, 1.54) is 12.7 Å². The number of rotatable bonds is 23. The summed E-state index contributed by atoms with van der Waals surface area (Å²) in [5, 5.41) is 0. The summed E-state index contributed by atoms with van der Waals surface area (Å²) in [5.41, 5.74) is 5.77. The highest BCUT2D eigenvalue weighted by Gasteiger charge is 2.39. The first-order valence-electron chi connectivity index (χ1n) is 25.6. The first-order chi connectivity index (χ1) is 35.9. The molecule has 6 aromatic carbocycles. The van der Waals surface area contributed by atoms with Crippen molar-refractivity contribution in [2.75, 3.05) is 21.3 Å². The van der Waals surface area contributed by atoms with Crippen LogP contribution >= 0.6 is 0 Å². The molecule has 0 atom stereocenters. The van der Waals surface area contributed by atoms with Crippen LogP contribution in [0.15, 0.2) is 140 Å². The molecule has 0 aliphatic rings. The summed E-state index contributed by atoms with van der Waals surface area (Å²) in [6.45, 7) is 21.8. The number of methoxy groups -OCH3 is 3. The average Bonchev–Trinajstić information content (AvgIpc) is 3.37. The molecule has 6 aromatic rings. The molecular weight excluding hydrogens is 1010 g/mol. The van der Waals surface area contributed by atoms with Gasteiger partial charge in [-0.25, -0.2) is 14.4 Å². The zero-order valence-corrected chi connectivity index (χ0v) is 49.3. The van der Waals surface area contributed by atoms with E-state index < -0.39 is 49.1 Å². The molecular formula is C60H74O13Si3. The molecule has 0 fully saturated rings. The van der Waals surface area contributed by atoms with Crippen molar-refractivity contribution in [3.8, 4) is 40.2 Å². The van der Waals surface area contributed by atoms with Gasteiger partial charge >= 0.3 is 27.0 Å². The van der Waals surface area contributed by atoms with E-state index >= 15 is 0 Å². The second kappa shape index (κ2) is 25.4. The minimum atomic E-state index is -2.48. The third kappa shape index (κ3) is 16.6. The molecule has 6 rings (SSSR count). The van der Waals surface area contributed by atoms with E-state index in [1.807, 2.05) is 78.9 Å². The van der Waals surface area contributed by atoms with Gasteiger partial charge in [0.25, 0.3) is 0 Å². The Kier molecular flexibility index (Phi) is 19.6. The second-order valence-corrected chi connectivity index (χ2v) is 33.9. The van der Waals surface area contributed by atoms with Gasteiger partial charge in [0.15, 0.2) is 39.6 Å². The summed E-state index contributed by atoms with van der Waals surface area (Å²) < 4.78 is 57.0. The van der Waals surface area contributed by atoms with Crippen molar-refractivity contribution in [3.63, 3.8) is 0 Å². The Hall–Kier alpha value is -6.70. The van der Waals surface area contributed by atoms with Gasteiger partial charge in [-0.15, -0.1) is 0 Å². The molecule has 0 saturated heterocycles. The summed E-state index contributed by atoms with van der Waals surface area (Å²) in [4.78, 5) is 37.3. The first-order valence-corrected chi connectivity index (χ1v) is 34.6. The number of carbonyl (C=O) groups is 3. The Morgan fingerprint density at radius 3 is 1.09 bits per heavy atom. The molecule has 0 aliphatic heterocycles. The molecule has 404 valence electrons. The molecule has 0 aromatic heterocycles. The van der Waals surface area contributed by atoms with Crippen LogP contribution in [0.3, 0.4) is 0 Å². The Balaban J connectivity index is 0.920. The predicted octanol–water partition coefficient (Wildman–Crippen LogP) is 15.4. The van der Waals surface area contributed by atoms with Crippen LogP contribution in [0.25, 0.3) is 0 Å². The predicted molar refractivity (Wildman–Crippen MR) is 303 cm³/mol. The van der Waals surface area contributed by atoms with Crippen molar-refractivity contribution in [3.05, 3.63) is 173 Å². The Labute approximate surface area is 452 Å². The topological polar surface area (TPSA) is 144 Å². The van der Waals surface area contributed by atoms with E-state index in [-0.39, 0.29) is 16.9 Å². The summed E-state index contributed by atoms with van der Waals surface area (Å²) in [5.74, 6) is 2.53. The quantitative estimate of drug-likeness (QED) is 0.0341. The van der Waals surface area contributed by atoms with Crippen LogP contribution in [-0.2, 0) is 36.6 Å². The van der Waals surface area contributed by atoms with Crippen LogP contribution in [0.1, 0.15) is 73.9 Å². The maximum absolute atomic E-state index is 12.9. The molecule has 0 N–H and O–H groups in total. The van der Waals surface area contributed by atoms with Crippen LogP contribution in [0, 0.1) is 0 Å². The van der Waals surface area contributed by atoms with Crippen molar-refractivity contribution in [1.82, 2.24) is 0 Å². The molecule has 76 heavy (non-hydrogen) atoms. The molecule has 0 spiro atoms. The molecule has 0 amide bonds. The lowest BCUT2D eigenvalue weighted by molar-refractivity contribution is 0.121. The van der Waals surface area contributed by atoms with Gasteiger partial charge in [0.1, 0.15) is 17.2 Å². The highest BCUT2D eigenvalue weighted by molar-refractivity contribution is 6.87. The van der Waals surface area contributed by atoms with E-state index in [9.17, 15) is 14.4 Å². The number of hydrogen-bond acceptors (Lipinski definition) is 13. The van der Waals surface area contributed by atoms with E-state index in [0.717, 1.165) is 65.6 Å². The Morgan fingerprint density at radius 2 is 0.750 bits per heavy atom. The van der Waals surface area contributed by atoms with Gasteiger partial charge in [0.2, 0.25) is 0 Å². The molecule has 16 heteroatoms. The lowest BCUT2D eigenvalue weighted by Gasteiger charge is -2.39. The van der Waals surface area contributed by atoms with Crippen molar-refractivity contribution in [2.45, 2.75) is 116 Å². The minimum absolute atomic E-state index is 0.215. The van der Waals surface area contributed by atoms with Crippen molar-refractivity contribution >= 4 is 43.7 Å². The third-order valence-electron chi connectivity index (χ3n) is 13.4. The summed E-state index contributed by atoms with van der Waals surface area (Å²) in [6.07, 6.45) is 0.930. The number of ether oxygens (including phenoxy) is 8. The van der Waals surface area contributed by atoms with Gasteiger partial charge in [0, 0.05) is 10.8 Å². The van der Waals surface area contributed by atoms with E-state index in [0.29, 0.717) is 28.7 Å². The lowest BCUT2D eigenvalue weighted by atomic mass is 9.78. The largest absolute Gasteiger partial charge is 0.519 e. The molecule has 13 nitrogen and oxygen atoms in total. The van der Waals surface area contributed by atoms with Crippen molar-refractivity contribution in [2.24, 2.45) is 0 Å². The van der Waals surface area contributed by atoms with Crippen molar-refractivity contribution < 1.29 is 60.5 Å². The molecule has 0 heterocycles. The standard InChI is InChI=1S/C60H74O13Si3/c1-59(2,45-21-15-14-16-22-45)46-27-33-50(34-28-46)68-57(62)70-52-37-23-43(41-54(52)64-5)19-17-39-74(8,9)72-76(12,13)73-75(10,11)40-18-20-44-24-38-53(55(42-44)65-6)71-58(63)69-51-35-29-48(30-36-51)60(3,4)47-25-31-49(32-26-47)67-56(61)66-7/h14-16,21-38,41-42H,17-20,39-40H2,1-13H3. The fraction of sp³-hybridized carbons (Fsp3) is 0.350. The number of aryl methyl sites for hydroxylation is 2.